The van der Waals surface area contributed by atoms with Gasteiger partial charge in [0.05, 0.1) is 0 Å². The number of carbonyl (C=O) groups is 6. The van der Waals surface area contributed by atoms with Gasteiger partial charge >= 0.3 is 17.9 Å². The Balaban J connectivity index is 5.35. The van der Waals surface area contributed by atoms with Gasteiger partial charge in [0, 0.05) is 19.8 Å². The van der Waals surface area contributed by atoms with Crippen LogP contribution in [0.5, 0.6) is 0 Å². The van der Waals surface area contributed by atoms with Crippen molar-refractivity contribution in [3.63, 3.8) is 0 Å². The molecule has 12 nitrogen and oxygen atoms in total. The Bertz CT molecular complexity index is 656. The highest BCUT2D eigenvalue weighted by molar-refractivity contribution is 7.98. The summed E-state index contributed by atoms with van der Waals surface area (Å²) in [6.45, 7) is 1.12. The molecule has 3 atom stereocenters. The molecule has 0 rings (SSSR count). The molecule has 0 fully saturated rings. The summed E-state index contributed by atoms with van der Waals surface area (Å²) in [5, 5.41) is 33.7. The molecule has 13 heteroatoms. The van der Waals surface area contributed by atoms with Gasteiger partial charge in [0.25, 0.3) is 0 Å². The van der Waals surface area contributed by atoms with Gasteiger partial charge in [0.1, 0.15) is 18.1 Å². The zero-order valence-corrected chi connectivity index (χ0v) is 17.5. The van der Waals surface area contributed by atoms with Crippen molar-refractivity contribution in [2.24, 2.45) is 0 Å². The number of rotatable bonds is 15. The van der Waals surface area contributed by atoms with E-state index < -0.39 is 66.6 Å². The number of carbonyl (C=O) groups excluding carboxylic acids is 3. The van der Waals surface area contributed by atoms with E-state index >= 15 is 0 Å². The van der Waals surface area contributed by atoms with Gasteiger partial charge < -0.3 is 31.3 Å². The third-order valence-corrected chi connectivity index (χ3v) is 4.49. The molecular formula is C17H27N3O9S. The van der Waals surface area contributed by atoms with Gasteiger partial charge in [-0.2, -0.15) is 11.8 Å². The average molecular weight is 449 g/mol. The second-order valence-electron chi connectivity index (χ2n) is 6.36. The quantitative estimate of drug-likeness (QED) is 0.181. The Morgan fingerprint density at radius 2 is 1.17 bits per heavy atom. The van der Waals surface area contributed by atoms with Crippen LogP contribution in [0.2, 0.25) is 0 Å². The standard InChI is InChI=1S/C17H27N3O9S/c1-9(21)18-10(3-5-13(22)23)15(26)19-11(4-6-14(24)25)16(27)20-12(17(28)29)7-8-30-2/h10-12H,3-8H2,1-2H3,(H,18,21)(H,19,26)(H,20,27)(H,22,23)(H,24,25)(H,28,29)/t10-,11-,12-/m0/s1. The molecule has 30 heavy (non-hydrogen) atoms. The average Bonchev–Trinajstić information content (AvgIpc) is 2.64. The van der Waals surface area contributed by atoms with E-state index in [0.29, 0.717) is 5.75 Å². The van der Waals surface area contributed by atoms with E-state index in [9.17, 15) is 33.9 Å². The van der Waals surface area contributed by atoms with Crippen molar-refractivity contribution < 1.29 is 44.1 Å². The van der Waals surface area contributed by atoms with Crippen molar-refractivity contribution in [3.8, 4) is 0 Å². The summed E-state index contributed by atoms with van der Waals surface area (Å²) in [7, 11) is 0. The summed E-state index contributed by atoms with van der Waals surface area (Å²) < 4.78 is 0. The molecule has 0 spiro atoms. The van der Waals surface area contributed by atoms with Gasteiger partial charge in [-0.1, -0.05) is 0 Å². The van der Waals surface area contributed by atoms with Crippen LogP contribution in [0.15, 0.2) is 0 Å². The maximum atomic E-state index is 12.5. The van der Waals surface area contributed by atoms with Gasteiger partial charge in [-0.3, -0.25) is 24.0 Å². The summed E-state index contributed by atoms with van der Waals surface area (Å²) in [5.41, 5.74) is 0. The van der Waals surface area contributed by atoms with E-state index in [1.807, 2.05) is 0 Å². The molecule has 0 aliphatic heterocycles. The summed E-state index contributed by atoms with van der Waals surface area (Å²) in [6.07, 6.45) is 0.388. The molecule has 0 radical (unpaired) electrons. The maximum Gasteiger partial charge on any atom is 0.326 e. The van der Waals surface area contributed by atoms with Crippen LogP contribution in [0.1, 0.15) is 39.0 Å². The lowest BCUT2D eigenvalue weighted by Gasteiger charge is -2.24. The number of nitrogens with one attached hydrogen (secondary N) is 3. The number of aliphatic carboxylic acids is 3. The lowest BCUT2D eigenvalue weighted by atomic mass is 10.1. The lowest BCUT2D eigenvalue weighted by molar-refractivity contribution is -0.143. The molecule has 0 unspecified atom stereocenters. The third kappa shape index (κ3) is 11.9. The maximum absolute atomic E-state index is 12.5. The zero-order chi connectivity index (χ0) is 23.3. The number of hydrogen-bond donors (Lipinski definition) is 6. The monoisotopic (exact) mass is 449 g/mol. The Morgan fingerprint density at radius 1 is 0.733 bits per heavy atom. The molecule has 0 saturated carbocycles. The second-order valence-corrected chi connectivity index (χ2v) is 7.35. The molecule has 0 aromatic rings. The van der Waals surface area contributed by atoms with Gasteiger partial charge in [-0.15, -0.1) is 0 Å². The van der Waals surface area contributed by atoms with Gasteiger partial charge in [0.2, 0.25) is 17.7 Å². The number of carboxylic acids is 3. The van der Waals surface area contributed by atoms with Crippen molar-refractivity contribution in [3.05, 3.63) is 0 Å². The van der Waals surface area contributed by atoms with Crippen LogP contribution in [0.25, 0.3) is 0 Å². The summed E-state index contributed by atoms with van der Waals surface area (Å²) in [5.74, 6) is -5.64. The Hall–Kier alpha value is -2.83. The van der Waals surface area contributed by atoms with E-state index in [4.69, 9.17) is 10.2 Å². The normalized spacial score (nSPS) is 13.4. The number of amides is 3. The highest BCUT2D eigenvalue weighted by Crippen LogP contribution is 2.06. The highest BCUT2D eigenvalue weighted by Gasteiger charge is 2.29. The van der Waals surface area contributed by atoms with Crippen molar-refractivity contribution >= 4 is 47.4 Å². The Morgan fingerprint density at radius 3 is 1.53 bits per heavy atom. The molecule has 0 heterocycles. The first-order chi connectivity index (χ1) is 14.0. The van der Waals surface area contributed by atoms with Gasteiger partial charge in [0.15, 0.2) is 0 Å². The smallest absolute Gasteiger partial charge is 0.326 e. The van der Waals surface area contributed by atoms with Crippen molar-refractivity contribution in [1.29, 1.82) is 0 Å². The lowest BCUT2D eigenvalue weighted by Crippen LogP contribution is -2.55. The largest absolute Gasteiger partial charge is 0.481 e. The molecule has 0 aliphatic rings. The highest BCUT2D eigenvalue weighted by atomic mass is 32.2. The van der Waals surface area contributed by atoms with E-state index in [0.717, 1.165) is 6.92 Å². The topological polar surface area (TPSA) is 199 Å². The molecule has 0 aromatic carbocycles. The number of thioether (sulfide) groups is 1. The van der Waals surface area contributed by atoms with Gasteiger partial charge in [-0.25, -0.2) is 4.79 Å². The van der Waals surface area contributed by atoms with Crippen LogP contribution in [0, 0.1) is 0 Å². The molecule has 0 bridgehead atoms. The van der Waals surface area contributed by atoms with Crippen molar-refractivity contribution in [2.45, 2.75) is 57.2 Å². The second kappa shape index (κ2) is 14.2. The van der Waals surface area contributed by atoms with Crippen LogP contribution in [0.4, 0.5) is 0 Å². The van der Waals surface area contributed by atoms with E-state index in [1.165, 1.54) is 11.8 Å². The summed E-state index contributed by atoms with van der Waals surface area (Å²) in [6, 6.07) is -3.87. The molecule has 170 valence electrons. The first-order valence-electron chi connectivity index (χ1n) is 9.01. The Kier molecular flexibility index (Phi) is 12.9. The van der Waals surface area contributed by atoms with Crippen LogP contribution >= 0.6 is 11.8 Å². The van der Waals surface area contributed by atoms with Crippen LogP contribution in [-0.2, 0) is 28.8 Å². The first-order valence-corrected chi connectivity index (χ1v) is 10.4. The van der Waals surface area contributed by atoms with E-state index in [-0.39, 0.29) is 19.3 Å². The van der Waals surface area contributed by atoms with E-state index in [1.54, 1.807) is 6.26 Å². The van der Waals surface area contributed by atoms with Crippen LogP contribution < -0.4 is 16.0 Å². The fourth-order valence-electron chi connectivity index (χ4n) is 2.36. The minimum Gasteiger partial charge on any atom is -0.481 e. The minimum absolute atomic E-state index is 0.120. The van der Waals surface area contributed by atoms with Crippen molar-refractivity contribution in [1.82, 2.24) is 16.0 Å². The SMILES string of the molecule is CSCC[C@H](NC(=O)[C@H](CCC(=O)O)NC(=O)[C@H](CCC(=O)O)NC(C)=O)C(=O)O. The van der Waals surface area contributed by atoms with Crippen LogP contribution in [0.3, 0.4) is 0 Å². The molecular weight excluding hydrogens is 422 g/mol. The predicted octanol–water partition coefficient (Wildman–Crippen LogP) is -0.972. The zero-order valence-electron chi connectivity index (χ0n) is 16.7. The Labute approximate surface area is 177 Å². The minimum atomic E-state index is -1.38. The molecule has 0 aromatic heterocycles. The van der Waals surface area contributed by atoms with E-state index in [2.05, 4.69) is 16.0 Å². The predicted molar refractivity (Wildman–Crippen MR) is 106 cm³/mol. The molecule has 0 saturated heterocycles. The summed E-state index contributed by atoms with van der Waals surface area (Å²) >= 11 is 1.37. The summed E-state index contributed by atoms with van der Waals surface area (Å²) in [4.78, 5) is 69.2. The number of hydrogen-bond acceptors (Lipinski definition) is 7. The van der Waals surface area contributed by atoms with Crippen LogP contribution in [-0.4, -0.2) is 81.1 Å². The van der Waals surface area contributed by atoms with Gasteiger partial charge in [-0.05, 0) is 31.3 Å². The molecule has 0 aliphatic carbocycles. The number of carboxylic acid groups (broad SMARTS) is 3. The van der Waals surface area contributed by atoms with Crippen molar-refractivity contribution in [2.75, 3.05) is 12.0 Å². The first kappa shape index (κ1) is 27.2. The fourth-order valence-corrected chi connectivity index (χ4v) is 2.83. The fraction of sp³-hybridized carbons (Fsp3) is 0.647. The third-order valence-electron chi connectivity index (χ3n) is 3.85. The molecule has 3 amide bonds. The molecule has 6 N–H and O–H groups in total.